The Hall–Kier alpha value is -2.04. The quantitative estimate of drug-likeness (QED) is 0.563. The van der Waals surface area contributed by atoms with Gasteiger partial charge in [-0.15, -0.1) is 0 Å². The molecule has 0 heterocycles. The zero-order valence-electron chi connectivity index (χ0n) is 13.7. The fourth-order valence-electron chi connectivity index (χ4n) is 2.18. The van der Waals surface area contributed by atoms with Crippen LogP contribution >= 0.6 is 7.92 Å². The van der Waals surface area contributed by atoms with Crippen molar-refractivity contribution in [2.75, 3.05) is 7.11 Å². The maximum atomic E-state index is 9.33. The van der Waals surface area contributed by atoms with Gasteiger partial charge in [-0.1, -0.05) is 91.0 Å². The van der Waals surface area contributed by atoms with E-state index < -0.39 is 18.3 Å². The van der Waals surface area contributed by atoms with E-state index in [2.05, 4.69) is 95.2 Å². The van der Waals surface area contributed by atoms with Crippen molar-refractivity contribution < 1.29 is 17.2 Å². The summed E-state index contributed by atoms with van der Waals surface area (Å²) in [5.41, 5.74) is 0. The monoisotopic (exact) mass is 374 g/mol. The van der Waals surface area contributed by atoms with E-state index >= 15 is 0 Å². The van der Waals surface area contributed by atoms with Gasteiger partial charge in [0.05, 0.1) is 7.11 Å². The molecule has 0 saturated carbocycles. The molecule has 3 rings (SSSR count). The molecule has 25 heavy (non-hydrogen) atoms. The first kappa shape index (κ1) is 19.3. The van der Waals surface area contributed by atoms with Crippen molar-refractivity contribution in [3.05, 3.63) is 91.0 Å². The fourth-order valence-corrected chi connectivity index (χ4v) is 4.48. The van der Waals surface area contributed by atoms with Crippen molar-refractivity contribution >= 4 is 34.2 Å². The molecular weight excluding hydrogens is 355 g/mol. The first-order valence-electron chi connectivity index (χ1n) is 7.49. The minimum Gasteiger partial charge on any atom is -0.264 e. The molecule has 0 aromatic heterocycles. The van der Waals surface area contributed by atoms with Gasteiger partial charge in [0.25, 0.3) is 0 Å². The molecule has 0 unspecified atom stereocenters. The highest BCUT2D eigenvalue weighted by Crippen LogP contribution is 2.32. The van der Waals surface area contributed by atoms with Crippen LogP contribution in [0.1, 0.15) is 0 Å². The number of hydrogen-bond donors (Lipinski definition) is 1. The summed E-state index contributed by atoms with van der Waals surface area (Å²) in [5.74, 6) is 0. The van der Waals surface area contributed by atoms with Gasteiger partial charge in [-0.05, 0) is 23.8 Å². The molecule has 3 aromatic carbocycles. The van der Waals surface area contributed by atoms with E-state index in [-0.39, 0.29) is 0 Å². The molecule has 4 nitrogen and oxygen atoms in total. The van der Waals surface area contributed by atoms with Crippen LogP contribution in [0, 0.1) is 0 Å². The van der Waals surface area contributed by atoms with Crippen LogP contribution in [-0.2, 0) is 14.6 Å². The minimum absolute atomic E-state index is 0.446. The van der Waals surface area contributed by atoms with E-state index in [9.17, 15) is 8.42 Å². The Morgan fingerprint density at radius 3 is 1.12 bits per heavy atom. The Kier molecular flexibility index (Phi) is 7.29. The predicted octanol–water partition coefficient (Wildman–Crippen LogP) is 2.88. The highest BCUT2D eigenvalue weighted by Gasteiger charge is 2.14. The maximum absolute atomic E-state index is 9.33. The molecule has 0 fully saturated rings. The van der Waals surface area contributed by atoms with Crippen molar-refractivity contribution in [2.45, 2.75) is 0 Å². The number of rotatable bonds is 4. The Labute approximate surface area is 149 Å². The normalized spacial score (nSPS) is 10.8. The summed E-state index contributed by atoms with van der Waals surface area (Å²) in [7, 11) is -3.74. The van der Waals surface area contributed by atoms with Crippen LogP contribution in [-0.4, -0.2) is 20.1 Å². The molecule has 0 amide bonds. The van der Waals surface area contributed by atoms with Crippen LogP contribution in [0.2, 0.25) is 0 Å². The maximum Gasteiger partial charge on any atom is 0.397 e. The summed E-state index contributed by atoms with van der Waals surface area (Å²) in [4.78, 5) is 0. The number of benzene rings is 3. The van der Waals surface area contributed by atoms with E-state index in [4.69, 9.17) is 4.55 Å². The lowest BCUT2D eigenvalue weighted by Gasteiger charge is -2.18. The fraction of sp³-hybridized carbons (Fsp3) is 0.0526. The Morgan fingerprint density at radius 2 is 0.920 bits per heavy atom. The van der Waals surface area contributed by atoms with Crippen LogP contribution in [0.4, 0.5) is 0 Å². The van der Waals surface area contributed by atoms with Crippen LogP contribution < -0.4 is 15.9 Å². The average Bonchev–Trinajstić information content (AvgIpc) is 2.65. The van der Waals surface area contributed by atoms with E-state index in [0.717, 1.165) is 7.11 Å². The molecule has 0 aliphatic carbocycles. The van der Waals surface area contributed by atoms with Crippen LogP contribution in [0.3, 0.4) is 0 Å². The molecule has 130 valence electrons. The molecule has 0 spiro atoms. The largest absolute Gasteiger partial charge is 0.397 e. The average molecular weight is 374 g/mol. The van der Waals surface area contributed by atoms with Gasteiger partial charge in [-0.2, -0.15) is 8.42 Å². The predicted molar refractivity (Wildman–Crippen MR) is 104 cm³/mol. The first-order valence-corrected chi connectivity index (χ1v) is 10.2. The van der Waals surface area contributed by atoms with Crippen LogP contribution in [0.5, 0.6) is 0 Å². The molecule has 0 bridgehead atoms. The lowest BCUT2D eigenvalue weighted by molar-refractivity contribution is 0.324. The van der Waals surface area contributed by atoms with E-state index in [1.165, 1.54) is 15.9 Å². The van der Waals surface area contributed by atoms with Crippen LogP contribution in [0.25, 0.3) is 0 Å². The molecule has 1 N–H and O–H groups in total. The third kappa shape index (κ3) is 6.40. The van der Waals surface area contributed by atoms with Crippen molar-refractivity contribution in [1.82, 2.24) is 0 Å². The molecule has 0 aliphatic rings. The lowest BCUT2D eigenvalue weighted by atomic mass is 10.4. The van der Waals surface area contributed by atoms with Crippen molar-refractivity contribution in [1.29, 1.82) is 0 Å². The van der Waals surface area contributed by atoms with Gasteiger partial charge in [-0.25, -0.2) is 0 Å². The standard InChI is InChI=1S/C18H15P.CH4O4S/c1-4-10-16(11-5-1)19(17-12-6-2-7-13-17)18-14-8-3-9-15-18;1-5-6(2,3)4/h1-15H;1H3,(H,2,3,4). The minimum atomic E-state index is -4.16. The molecule has 0 radical (unpaired) electrons. The summed E-state index contributed by atoms with van der Waals surface area (Å²) in [5, 5.41) is 4.19. The smallest absolute Gasteiger partial charge is 0.264 e. The molecular formula is C19H19O4PS. The van der Waals surface area contributed by atoms with Crippen molar-refractivity contribution in [3.63, 3.8) is 0 Å². The van der Waals surface area contributed by atoms with Gasteiger partial charge >= 0.3 is 10.4 Å². The van der Waals surface area contributed by atoms with Gasteiger partial charge in [0.1, 0.15) is 0 Å². The second-order valence-corrected chi connectivity index (χ2v) is 8.35. The van der Waals surface area contributed by atoms with E-state index in [1.54, 1.807) is 0 Å². The molecule has 0 atom stereocenters. The zero-order chi connectivity index (χ0) is 18.1. The first-order chi connectivity index (χ1) is 12.0. The topological polar surface area (TPSA) is 63.6 Å². The number of hydrogen-bond acceptors (Lipinski definition) is 3. The second-order valence-electron chi connectivity index (χ2n) is 4.94. The summed E-state index contributed by atoms with van der Waals surface area (Å²) >= 11 is 0. The summed E-state index contributed by atoms with van der Waals surface area (Å²) in [6, 6.07) is 32.3. The van der Waals surface area contributed by atoms with Gasteiger partial charge in [0.2, 0.25) is 0 Å². The van der Waals surface area contributed by atoms with Crippen molar-refractivity contribution in [3.8, 4) is 0 Å². The lowest BCUT2D eigenvalue weighted by Crippen LogP contribution is -2.20. The molecule has 0 aliphatic heterocycles. The Balaban J connectivity index is 0.000000326. The third-order valence-electron chi connectivity index (χ3n) is 3.25. The highest BCUT2D eigenvalue weighted by molar-refractivity contribution is 7.80. The Morgan fingerprint density at radius 1 is 0.680 bits per heavy atom. The van der Waals surface area contributed by atoms with E-state index in [1.807, 2.05) is 0 Å². The second kappa shape index (κ2) is 9.44. The Bertz CT molecular complexity index is 760. The summed E-state index contributed by atoms with van der Waals surface area (Å²) < 4.78 is 29.7. The summed E-state index contributed by atoms with van der Waals surface area (Å²) in [6.07, 6.45) is 0. The SMILES string of the molecule is COS(=O)(=O)O.c1ccc(P(c2ccccc2)c2ccccc2)cc1. The molecule has 0 saturated heterocycles. The third-order valence-corrected chi connectivity index (χ3v) is 6.12. The zero-order valence-corrected chi connectivity index (χ0v) is 15.4. The molecule has 6 heteroatoms. The van der Waals surface area contributed by atoms with Crippen LogP contribution in [0.15, 0.2) is 91.0 Å². The summed E-state index contributed by atoms with van der Waals surface area (Å²) in [6.45, 7) is 0. The molecule has 3 aromatic rings. The van der Waals surface area contributed by atoms with Gasteiger partial charge in [-0.3, -0.25) is 8.74 Å². The van der Waals surface area contributed by atoms with Gasteiger partial charge in [0.15, 0.2) is 0 Å². The van der Waals surface area contributed by atoms with Gasteiger partial charge < -0.3 is 0 Å². The highest BCUT2D eigenvalue weighted by atomic mass is 32.3. The van der Waals surface area contributed by atoms with Gasteiger partial charge in [0, 0.05) is 0 Å². The van der Waals surface area contributed by atoms with Crippen molar-refractivity contribution in [2.24, 2.45) is 0 Å². The van der Waals surface area contributed by atoms with E-state index in [0.29, 0.717) is 0 Å².